The Balaban J connectivity index is 3.41. The summed E-state index contributed by atoms with van der Waals surface area (Å²) < 4.78 is 35.5. The highest BCUT2D eigenvalue weighted by Gasteiger charge is 2.36. The first kappa shape index (κ1) is 12.7. The summed E-state index contributed by atoms with van der Waals surface area (Å²) in [4.78, 5) is -0.0297. The SMILES string of the molecule is Cc1cc(S(=O)(=O)C(C)(C)C#N)ccc1F. The summed E-state index contributed by atoms with van der Waals surface area (Å²) in [6.07, 6.45) is 0. The molecule has 0 amide bonds. The molecule has 1 rings (SSSR count). The van der Waals surface area contributed by atoms with Gasteiger partial charge in [-0.25, -0.2) is 12.8 Å². The summed E-state index contributed by atoms with van der Waals surface area (Å²) in [5, 5.41) is 8.81. The molecular weight excluding hydrogens is 229 g/mol. The lowest BCUT2D eigenvalue weighted by Crippen LogP contribution is -2.30. The van der Waals surface area contributed by atoms with Gasteiger partial charge in [-0.05, 0) is 44.5 Å². The number of nitriles is 1. The first-order chi connectivity index (χ1) is 7.22. The van der Waals surface area contributed by atoms with Gasteiger partial charge in [0.25, 0.3) is 0 Å². The van der Waals surface area contributed by atoms with E-state index in [2.05, 4.69) is 0 Å². The van der Waals surface area contributed by atoms with E-state index >= 15 is 0 Å². The van der Waals surface area contributed by atoms with Gasteiger partial charge >= 0.3 is 0 Å². The minimum absolute atomic E-state index is 0.0297. The van der Waals surface area contributed by atoms with Crippen LogP contribution in [0.1, 0.15) is 19.4 Å². The molecule has 0 radical (unpaired) electrons. The molecule has 0 saturated heterocycles. The lowest BCUT2D eigenvalue weighted by molar-refractivity contribution is 0.573. The van der Waals surface area contributed by atoms with Crippen molar-refractivity contribution >= 4 is 9.84 Å². The highest BCUT2D eigenvalue weighted by atomic mass is 32.2. The normalized spacial score (nSPS) is 12.2. The topological polar surface area (TPSA) is 57.9 Å². The minimum atomic E-state index is -3.76. The summed E-state index contributed by atoms with van der Waals surface area (Å²) in [7, 11) is -3.76. The van der Waals surface area contributed by atoms with Crippen molar-refractivity contribution in [1.29, 1.82) is 5.26 Å². The predicted octanol–water partition coefficient (Wildman–Crippen LogP) is 2.21. The van der Waals surface area contributed by atoms with Gasteiger partial charge in [-0.15, -0.1) is 0 Å². The number of halogens is 1. The fourth-order valence-electron chi connectivity index (χ4n) is 1.14. The van der Waals surface area contributed by atoms with Crippen LogP contribution >= 0.6 is 0 Å². The van der Waals surface area contributed by atoms with Gasteiger partial charge in [-0.2, -0.15) is 5.26 Å². The number of hydrogen-bond donors (Lipinski definition) is 0. The van der Waals surface area contributed by atoms with Crippen molar-refractivity contribution in [1.82, 2.24) is 0 Å². The van der Waals surface area contributed by atoms with Crippen LogP contribution in [0.25, 0.3) is 0 Å². The fraction of sp³-hybridized carbons (Fsp3) is 0.364. The second-order valence-electron chi connectivity index (χ2n) is 4.04. The maximum Gasteiger partial charge on any atom is 0.196 e. The van der Waals surface area contributed by atoms with Crippen molar-refractivity contribution in [2.24, 2.45) is 0 Å². The molecule has 0 saturated carbocycles. The second-order valence-corrected chi connectivity index (χ2v) is 6.54. The standard InChI is InChI=1S/C11H12FNO2S/c1-8-6-9(4-5-10(8)12)16(14,15)11(2,3)7-13/h4-6H,1-3H3. The second kappa shape index (κ2) is 3.87. The van der Waals surface area contributed by atoms with Crippen LogP contribution in [0.3, 0.4) is 0 Å². The van der Waals surface area contributed by atoms with E-state index in [0.717, 1.165) is 6.07 Å². The Bertz CT molecular complexity index is 556. The van der Waals surface area contributed by atoms with Crippen molar-refractivity contribution in [2.45, 2.75) is 30.4 Å². The van der Waals surface area contributed by atoms with Gasteiger partial charge in [0.05, 0.1) is 11.0 Å². The van der Waals surface area contributed by atoms with E-state index in [0.29, 0.717) is 0 Å². The molecule has 0 N–H and O–H groups in total. The van der Waals surface area contributed by atoms with Crippen LogP contribution in [0, 0.1) is 24.1 Å². The third-order valence-corrected chi connectivity index (χ3v) is 4.69. The third-order valence-electron chi connectivity index (χ3n) is 2.38. The van der Waals surface area contributed by atoms with E-state index in [9.17, 15) is 12.8 Å². The molecule has 0 aliphatic rings. The van der Waals surface area contributed by atoms with Crippen LogP contribution in [-0.4, -0.2) is 13.2 Å². The van der Waals surface area contributed by atoms with Crippen molar-refractivity contribution in [3.05, 3.63) is 29.6 Å². The van der Waals surface area contributed by atoms with Gasteiger partial charge < -0.3 is 0 Å². The monoisotopic (exact) mass is 241 g/mol. The summed E-state index contributed by atoms with van der Waals surface area (Å²) in [5.41, 5.74) is 0.245. The average molecular weight is 241 g/mol. The zero-order valence-electron chi connectivity index (χ0n) is 9.28. The predicted molar refractivity (Wildman–Crippen MR) is 58.0 cm³/mol. The number of benzene rings is 1. The van der Waals surface area contributed by atoms with E-state index in [1.807, 2.05) is 0 Å². The Labute approximate surface area is 94.4 Å². The molecule has 86 valence electrons. The lowest BCUT2D eigenvalue weighted by atomic mass is 10.2. The fourth-order valence-corrected chi connectivity index (χ4v) is 2.43. The Morgan fingerprint density at radius 3 is 2.38 bits per heavy atom. The van der Waals surface area contributed by atoms with Gasteiger partial charge in [-0.1, -0.05) is 0 Å². The summed E-state index contributed by atoms with van der Waals surface area (Å²) >= 11 is 0. The molecule has 0 unspecified atom stereocenters. The molecule has 0 bridgehead atoms. The lowest BCUT2D eigenvalue weighted by Gasteiger charge is -2.16. The van der Waals surface area contributed by atoms with Gasteiger partial charge in [0.1, 0.15) is 5.82 Å². The number of aryl methyl sites for hydroxylation is 1. The molecule has 0 heterocycles. The first-order valence-electron chi connectivity index (χ1n) is 4.64. The Hall–Kier alpha value is -1.41. The molecule has 5 heteroatoms. The van der Waals surface area contributed by atoms with E-state index < -0.39 is 20.4 Å². The van der Waals surface area contributed by atoms with Crippen molar-refractivity contribution < 1.29 is 12.8 Å². The van der Waals surface area contributed by atoms with Crippen LogP contribution in [0.2, 0.25) is 0 Å². The molecule has 0 fully saturated rings. The van der Waals surface area contributed by atoms with Crippen molar-refractivity contribution in [3.8, 4) is 6.07 Å². The molecule has 0 aliphatic carbocycles. The molecule has 1 aromatic carbocycles. The van der Waals surface area contributed by atoms with Crippen molar-refractivity contribution in [2.75, 3.05) is 0 Å². The number of hydrogen-bond acceptors (Lipinski definition) is 3. The van der Waals surface area contributed by atoms with Gasteiger partial charge in [0.15, 0.2) is 14.6 Å². The molecule has 3 nitrogen and oxygen atoms in total. The van der Waals surface area contributed by atoms with Crippen molar-refractivity contribution in [3.63, 3.8) is 0 Å². The van der Waals surface area contributed by atoms with E-state index in [-0.39, 0.29) is 10.5 Å². The number of sulfone groups is 1. The molecular formula is C11H12FNO2S. The Kier molecular flexibility index (Phi) is 3.06. The summed E-state index contributed by atoms with van der Waals surface area (Å²) in [5.74, 6) is -0.464. The number of rotatable bonds is 2. The third kappa shape index (κ3) is 1.93. The van der Waals surface area contributed by atoms with E-state index in [4.69, 9.17) is 5.26 Å². The quantitative estimate of drug-likeness (QED) is 0.746. The van der Waals surface area contributed by atoms with Crippen LogP contribution < -0.4 is 0 Å². The van der Waals surface area contributed by atoms with E-state index in [1.54, 1.807) is 6.07 Å². The maximum atomic E-state index is 13.0. The zero-order chi connectivity index (χ0) is 12.6. The highest BCUT2D eigenvalue weighted by Crippen LogP contribution is 2.25. The molecule has 0 aromatic heterocycles. The zero-order valence-corrected chi connectivity index (χ0v) is 10.1. The Morgan fingerprint density at radius 1 is 1.38 bits per heavy atom. The highest BCUT2D eigenvalue weighted by molar-refractivity contribution is 7.93. The number of nitrogens with zero attached hydrogens (tertiary/aromatic N) is 1. The van der Waals surface area contributed by atoms with Gasteiger partial charge in [-0.3, -0.25) is 0 Å². The smallest absolute Gasteiger partial charge is 0.196 e. The van der Waals surface area contributed by atoms with Crippen LogP contribution in [0.15, 0.2) is 23.1 Å². The minimum Gasteiger partial charge on any atom is -0.222 e. The van der Waals surface area contributed by atoms with Gasteiger partial charge in [0.2, 0.25) is 0 Å². The molecule has 0 aliphatic heterocycles. The summed E-state index contributed by atoms with van der Waals surface area (Å²) in [6.45, 7) is 4.12. The van der Waals surface area contributed by atoms with Crippen LogP contribution in [0.5, 0.6) is 0 Å². The van der Waals surface area contributed by atoms with Crippen LogP contribution in [-0.2, 0) is 9.84 Å². The largest absolute Gasteiger partial charge is 0.222 e. The maximum absolute atomic E-state index is 13.0. The summed E-state index contributed by atoms with van der Waals surface area (Å²) in [6, 6.07) is 5.24. The average Bonchev–Trinajstić information content (AvgIpc) is 2.21. The molecule has 0 spiro atoms. The molecule has 0 atom stereocenters. The molecule has 16 heavy (non-hydrogen) atoms. The van der Waals surface area contributed by atoms with Crippen LogP contribution in [0.4, 0.5) is 4.39 Å². The first-order valence-corrected chi connectivity index (χ1v) is 6.13. The Morgan fingerprint density at radius 2 is 1.94 bits per heavy atom. The van der Waals surface area contributed by atoms with E-state index in [1.165, 1.54) is 32.9 Å². The molecule has 1 aromatic rings. The van der Waals surface area contributed by atoms with Gasteiger partial charge in [0, 0.05) is 0 Å².